The number of nitrogens with one attached hydrogen (secondary N) is 1. The van der Waals surface area contributed by atoms with Crippen LogP contribution < -0.4 is 5.32 Å². The fraction of sp³-hybridized carbons (Fsp3) is 0.0952. The first-order valence-corrected chi connectivity index (χ1v) is 8.45. The van der Waals surface area contributed by atoms with E-state index in [1.807, 2.05) is 31.2 Å². The van der Waals surface area contributed by atoms with Gasteiger partial charge in [-0.3, -0.25) is 4.79 Å². The molecule has 5 nitrogen and oxygen atoms in total. The van der Waals surface area contributed by atoms with Gasteiger partial charge < -0.3 is 5.32 Å². The summed E-state index contributed by atoms with van der Waals surface area (Å²) in [5.74, 6) is -0.101. The number of nitrogens with zero attached hydrogens (tertiary/aromatic N) is 3. The molecular weight excluding hydrogens is 324 g/mol. The molecular formula is C21H18N4O. The molecule has 0 aliphatic heterocycles. The topological polar surface area (TPSA) is 59.8 Å². The molecule has 0 aliphatic carbocycles. The normalized spacial score (nSPS) is 12.0. The number of carbonyl (C=O) groups excluding carboxylic acids is 1. The van der Waals surface area contributed by atoms with Gasteiger partial charge in [-0.25, -0.2) is 9.67 Å². The Hall–Kier alpha value is -3.47. The highest BCUT2D eigenvalue weighted by molar-refractivity contribution is 5.94. The van der Waals surface area contributed by atoms with Crippen LogP contribution in [-0.4, -0.2) is 20.7 Å². The molecule has 0 spiro atoms. The standard InChI is InChI=1S/C21H18N4O/c1-15(18-7-6-16-4-2-3-5-19(16)12-18)24-21(26)17-8-10-20(11-9-17)25-14-22-13-23-25/h2-15H,1H3,(H,24,26)/t15-/m1/s1. The van der Waals surface area contributed by atoms with Gasteiger partial charge in [0.05, 0.1) is 11.7 Å². The van der Waals surface area contributed by atoms with Gasteiger partial charge in [-0.2, -0.15) is 5.10 Å². The Bertz CT molecular complexity index is 1040. The first-order valence-electron chi connectivity index (χ1n) is 8.45. The van der Waals surface area contributed by atoms with Crippen LogP contribution in [0.4, 0.5) is 0 Å². The van der Waals surface area contributed by atoms with E-state index in [0.29, 0.717) is 5.56 Å². The Kier molecular flexibility index (Phi) is 4.19. The highest BCUT2D eigenvalue weighted by Crippen LogP contribution is 2.20. The third kappa shape index (κ3) is 3.19. The average molecular weight is 342 g/mol. The number of hydrogen-bond acceptors (Lipinski definition) is 3. The second-order valence-corrected chi connectivity index (χ2v) is 6.19. The van der Waals surface area contributed by atoms with Crippen LogP contribution in [0.3, 0.4) is 0 Å². The lowest BCUT2D eigenvalue weighted by atomic mass is 10.0. The molecule has 1 heterocycles. The van der Waals surface area contributed by atoms with Crippen molar-refractivity contribution in [1.29, 1.82) is 0 Å². The molecule has 5 heteroatoms. The Balaban J connectivity index is 1.49. The summed E-state index contributed by atoms with van der Waals surface area (Å²) in [5, 5.41) is 9.50. The van der Waals surface area contributed by atoms with Gasteiger partial charge in [-0.05, 0) is 53.6 Å². The molecule has 1 aromatic heterocycles. The van der Waals surface area contributed by atoms with E-state index in [4.69, 9.17) is 0 Å². The maximum absolute atomic E-state index is 12.5. The van der Waals surface area contributed by atoms with E-state index in [-0.39, 0.29) is 11.9 Å². The second kappa shape index (κ2) is 6.80. The third-order valence-electron chi connectivity index (χ3n) is 4.43. The number of hydrogen-bond donors (Lipinski definition) is 1. The molecule has 128 valence electrons. The van der Waals surface area contributed by atoms with Crippen LogP contribution in [0, 0.1) is 0 Å². The van der Waals surface area contributed by atoms with Gasteiger partial charge in [0.15, 0.2) is 0 Å². The third-order valence-corrected chi connectivity index (χ3v) is 4.43. The molecule has 0 unspecified atom stereocenters. The molecule has 1 amide bonds. The highest BCUT2D eigenvalue weighted by Gasteiger charge is 2.12. The molecule has 3 aromatic carbocycles. The lowest BCUT2D eigenvalue weighted by molar-refractivity contribution is 0.0940. The second-order valence-electron chi connectivity index (χ2n) is 6.19. The molecule has 0 aliphatic rings. The summed E-state index contributed by atoms with van der Waals surface area (Å²) in [4.78, 5) is 16.5. The zero-order valence-electron chi connectivity index (χ0n) is 14.3. The minimum Gasteiger partial charge on any atom is -0.346 e. The van der Waals surface area contributed by atoms with E-state index in [1.54, 1.807) is 23.1 Å². The van der Waals surface area contributed by atoms with Crippen molar-refractivity contribution >= 4 is 16.7 Å². The van der Waals surface area contributed by atoms with Gasteiger partial charge in [0, 0.05) is 5.56 Å². The number of rotatable bonds is 4. The number of fused-ring (bicyclic) bond motifs is 1. The van der Waals surface area contributed by atoms with Crippen molar-refractivity contribution < 1.29 is 4.79 Å². The molecule has 4 rings (SSSR count). The van der Waals surface area contributed by atoms with Crippen LogP contribution in [0.15, 0.2) is 79.4 Å². The van der Waals surface area contributed by atoms with Crippen molar-refractivity contribution in [3.05, 3.63) is 90.5 Å². The monoisotopic (exact) mass is 342 g/mol. The number of benzene rings is 3. The van der Waals surface area contributed by atoms with Gasteiger partial charge in [0.1, 0.15) is 12.7 Å². The van der Waals surface area contributed by atoms with Gasteiger partial charge in [-0.15, -0.1) is 0 Å². The summed E-state index contributed by atoms with van der Waals surface area (Å²) < 4.78 is 1.65. The molecule has 0 bridgehead atoms. The minimum absolute atomic E-state index is 0.0814. The fourth-order valence-corrected chi connectivity index (χ4v) is 2.95. The van der Waals surface area contributed by atoms with Crippen LogP contribution in [0.1, 0.15) is 28.9 Å². The minimum atomic E-state index is -0.101. The SMILES string of the molecule is C[C@@H](NC(=O)c1ccc(-n2cncn2)cc1)c1ccc2ccccc2c1. The molecule has 26 heavy (non-hydrogen) atoms. The molecule has 0 saturated carbocycles. The van der Waals surface area contributed by atoms with Gasteiger partial charge >= 0.3 is 0 Å². The Morgan fingerprint density at radius 1 is 1.00 bits per heavy atom. The first-order chi connectivity index (χ1) is 12.7. The summed E-state index contributed by atoms with van der Waals surface area (Å²) >= 11 is 0. The first kappa shape index (κ1) is 16.0. The van der Waals surface area contributed by atoms with Crippen molar-refractivity contribution in [2.45, 2.75) is 13.0 Å². The van der Waals surface area contributed by atoms with Crippen LogP contribution in [0.25, 0.3) is 16.5 Å². The largest absolute Gasteiger partial charge is 0.346 e. The highest BCUT2D eigenvalue weighted by atomic mass is 16.1. The maximum atomic E-state index is 12.5. The smallest absolute Gasteiger partial charge is 0.251 e. The number of carbonyl (C=O) groups is 1. The number of aromatic nitrogens is 3. The molecule has 1 N–H and O–H groups in total. The lowest BCUT2D eigenvalue weighted by Gasteiger charge is -2.15. The summed E-state index contributed by atoms with van der Waals surface area (Å²) in [6.07, 6.45) is 3.10. The van der Waals surface area contributed by atoms with E-state index in [9.17, 15) is 4.79 Å². The zero-order chi connectivity index (χ0) is 17.9. The quantitative estimate of drug-likeness (QED) is 0.612. The summed E-state index contributed by atoms with van der Waals surface area (Å²) in [6, 6.07) is 21.7. The number of amides is 1. The van der Waals surface area contributed by atoms with Crippen LogP contribution >= 0.6 is 0 Å². The summed E-state index contributed by atoms with van der Waals surface area (Å²) in [6.45, 7) is 1.99. The molecule has 0 fully saturated rings. The van der Waals surface area contributed by atoms with Gasteiger partial charge in [0.2, 0.25) is 0 Å². The predicted octanol–water partition coefficient (Wildman–Crippen LogP) is 3.91. The van der Waals surface area contributed by atoms with Crippen molar-refractivity contribution in [3.8, 4) is 5.69 Å². The Morgan fingerprint density at radius 3 is 2.50 bits per heavy atom. The average Bonchev–Trinajstić information content (AvgIpc) is 3.22. The Morgan fingerprint density at radius 2 is 1.77 bits per heavy atom. The van der Waals surface area contributed by atoms with Crippen molar-refractivity contribution in [1.82, 2.24) is 20.1 Å². The maximum Gasteiger partial charge on any atom is 0.251 e. The van der Waals surface area contributed by atoms with Gasteiger partial charge in [0.25, 0.3) is 5.91 Å². The Labute approximate surface area is 151 Å². The van der Waals surface area contributed by atoms with E-state index in [0.717, 1.165) is 11.3 Å². The van der Waals surface area contributed by atoms with E-state index >= 15 is 0 Å². The van der Waals surface area contributed by atoms with E-state index in [2.05, 4.69) is 45.7 Å². The summed E-state index contributed by atoms with van der Waals surface area (Å²) in [7, 11) is 0. The molecule has 1 atom stereocenters. The molecule has 0 radical (unpaired) electrons. The van der Waals surface area contributed by atoms with Crippen molar-refractivity contribution in [2.24, 2.45) is 0 Å². The van der Waals surface area contributed by atoms with E-state index in [1.165, 1.54) is 17.1 Å². The predicted molar refractivity (Wildman–Crippen MR) is 101 cm³/mol. The van der Waals surface area contributed by atoms with Crippen LogP contribution in [-0.2, 0) is 0 Å². The van der Waals surface area contributed by atoms with Crippen molar-refractivity contribution in [2.75, 3.05) is 0 Å². The lowest BCUT2D eigenvalue weighted by Crippen LogP contribution is -2.26. The van der Waals surface area contributed by atoms with E-state index < -0.39 is 0 Å². The fourth-order valence-electron chi connectivity index (χ4n) is 2.95. The van der Waals surface area contributed by atoms with Crippen LogP contribution in [0.5, 0.6) is 0 Å². The van der Waals surface area contributed by atoms with Crippen molar-refractivity contribution in [3.63, 3.8) is 0 Å². The molecule has 4 aromatic rings. The van der Waals surface area contributed by atoms with Gasteiger partial charge in [-0.1, -0.05) is 36.4 Å². The van der Waals surface area contributed by atoms with Crippen LogP contribution in [0.2, 0.25) is 0 Å². The molecule has 0 saturated heterocycles. The zero-order valence-corrected chi connectivity index (χ0v) is 14.3. The summed E-state index contributed by atoms with van der Waals surface area (Å²) in [5.41, 5.74) is 2.56.